The number of thioether (sulfide) groups is 1. The third-order valence-electron chi connectivity index (χ3n) is 2.59. The minimum absolute atomic E-state index is 0.0422. The molecule has 7 heteroatoms. The monoisotopic (exact) mass is 313 g/mol. The van der Waals surface area contributed by atoms with Crippen LogP contribution in [-0.2, 0) is 4.79 Å². The van der Waals surface area contributed by atoms with Gasteiger partial charge in [-0.3, -0.25) is 4.79 Å². The molecule has 0 aliphatic rings. The molecule has 0 bridgehead atoms. The lowest BCUT2D eigenvalue weighted by Gasteiger charge is -2.10. The van der Waals surface area contributed by atoms with Gasteiger partial charge in [0, 0.05) is 6.54 Å². The van der Waals surface area contributed by atoms with Crippen LogP contribution in [0.15, 0.2) is 11.1 Å². The number of hydrogen-bond donors (Lipinski definition) is 1. The zero-order valence-electron chi connectivity index (χ0n) is 12.1. The summed E-state index contributed by atoms with van der Waals surface area (Å²) in [6.07, 6.45) is -2.70. The van der Waals surface area contributed by atoms with Gasteiger partial charge in [0.2, 0.25) is 5.91 Å². The highest BCUT2D eigenvalue weighted by molar-refractivity contribution is 8.00. The molecule has 0 saturated carbocycles. The first-order valence-corrected chi connectivity index (χ1v) is 7.43. The largest absolute Gasteiger partial charge is 0.355 e. The highest BCUT2D eigenvalue weighted by atomic mass is 32.2. The lowest BCUT2D eigenvalue weighted by molar-refractivity contribution is -0.118. The van der Waals surface area contributed by atoms with Gasteiger partial charge in [0.05, 0.1) is 11.3 Å². The Hall–Kier alpha value is -1.68. The van der Waals surface area contributed by atoms with Crippen molar-refractivity contribution in [3.05, 3.63) is 22.9 Å². The Balaban J connectivity index is 2.82. The van der Waals surface area contributed by atoms with Gasteiger partial charge in [-0.05, 0) is 24.5 Å². The number of aryl methyl sites for hydroxylation is 1. The molecule has 0 aliphatic heterocycles. The summed E-state index contributed by atoms with van der Waals surface area (Å²) in [6, 6.07) is 3.14. The van der Waals surface area contributed by atoms with Crippen molar-refractivity contribution < 1.29 is 13.6 Å². The van der Waals surface area contributed by atoms with Crippen molar-refractivity contribution in [1.29, 1.82) is 5.26 Å². The number of nitrogens with zero attached hydrogens (tertiary/aromatic N) is 2. The second-order valence-corrected chi connectivity index (χ2v) is 5.91. The number of nitrogens with one attached hydrogen (secondary N) is 1. The fourth-order valence-corrected chi connectivity index (χ4v) is 2.41. The van der Waals surface area contributed by atoms with Crippen LogP contribution < -0.4 is 5.32 Å². The lowest BCUT2D eigenvalue weighted by Crippen LogP contribution is -2.28. The highest BCUT2D eigenvalue weighted by Crippen LogP contribution is 2.27. The van der Waals surface area contributed by atoms with E-state index in [4.69, 9.17) is 5.26 Å². The molecule has 1 amide bonds. The van der Waals surface area contributed by atoms with Crippen molar-refractivity contribution in [2.24, 2.45) is 5.92 Å². The van der Waals surface area contributed by atoms with Crippen LogP contribution in [0.4, 0.5) is 8.78 Å². The first kappa shape index (κ1) is 17.4. The summed E-state index contributed by atoms with van der Waals surface area (Å²) in [5.74, 6) is 0.163. The molecule has 0 atom stereocenters. The summed E-state index contributed by atoms with van der Waals surface area (Å²) < 4.78 is 25.5. The molecule has 21 heavy (non-hydrogen) atoms. The third kappa shape index (κ3) is 5.31. The van der Waals surface area contributed by atoms with Crippen molar-refractivity contribution >= 4 is 17.7 Å². The second-order valence-electron chi connectivity index (χ2n) is 4.94. The Morgan fingerprint density at radius 2 is 2.19 bits per heavy atom. The first-order valence-electron chi connectivity index (χ1n) is 6.44. The SMILES string of the molecule is Cc1cc(C(F)F)nc(SCC(=O)NCC(C)C)c1C#N. The molecule has 4 nitrogen and oxygen atoms in total. The average Bonchev–Trinajstić information content (AvgIpc) is 2.42. The predicted molar refractivity (Wildman–Crippen MR) is 77.2 cm³/mol. The smallest absolute Gasteiger partial charge is 0.280 e. The van der Waals surface area contributed by atoms with E-state index in [1.54, 1.807) is 6.92 Å². The zero-order chi connectivity index (χ0) is 16.0. The van der Waals surface area contributed by atoms with Gasteiger partial charge in [-0.2, -0.15) is 5.26 Å². The molecule has 0 spiro atoms. The van der Waals surface area contributed by atoms with Crippen LogP contribution in [0.5, 0.6) is 0 Å². The Kier molecular flexibility index (Phi) is 6.56. The fraction of sp³-hybridized carbons (Fsp3) is 0.500. The van der Waals surface area contributed by atoms with Crippen LogP contribution in [0.1, 0.15) is 37.1 Å². The van der Waals surface area contributed by atoms with Crippen LogP contribution in [0.2, 0.25) is 0 Å². The first-order chi connectivity index (χ1) is 9.85. The molecule has 0 aromatic carbocycles. The van der Waals surface area contributed by atoms with Crippen LogP contribution in [0.25, 0.3) is 0 Å². The molecule has 0 aliphatic carbocycles. The van der Waals surface area contributed by atoms with E-state index in [9.17, 15) is 13.6 Å². The van der Waals surface area contributed by atoms with Gasteiger partial charge in [-0.15, -0.1) is 0 Å². The quantitative estimate of drug-likeness (QED) is 0.820. The van der Waals surface area contributed by atoms with Gasteiger partial charge in [-0.25, -0.2) is 13.8 Å². The van der Waals surface area contributed by atoms with Crippen molar-refractivity contribution in [3.63, 3.8) is 0 Å². The summed E-state index contributed by atoms with van der Waals surface area (Å²) >= 11 is 0.998. The number of rotatable bonds is 6. The normalized spacial score (nSPS) is 10.8. The molecule has 0 unspecified atom stereocenters. The van der Waals surface area contributed by atoms with E-state index in [-0.39, 0.29) is 27.9 Å². The number of halogens is 2. The van der Waals surface area contributed by atoms with Crippen LogP contribution in [-0.4, -0.2) is 23.2 Å². The van der Waals surface area contributed by atoms with E-state index in [1.165, 1.54) is 6.07 Å². The third-order valence-corrected chi connectivity index (χ3v) is 3.56. The molecule has 0 radical (unpaired) electrons. The van der Waals surface area contributed by atoms with Gasteiger partial charge < -0.3 is 5.32 Å². The molecule has 0 saturated heterocycles. The summed E-state index contributed by atoms with van der Waals surface area (Å²) in [4.78, 5) is 15.4. The average molecular weight is 313 g/mol. The highest BCUT2D eigenvalue weighted by Gasteiger charge is 2.17. The number of aromatic nitrogens is 1. The minimum Gasteiger partial charge on any atom is -0.355 e. The van der Waals surface area contributed by atoms with E-state index in [1.807, 2.05) is 19.9 Å². The topological polar surface area (TPSA) is 65.8 Å². The predicted octanol–water partition coefficient (Wildman–Crippen LogP) is 3.06. The Bertz CT molecular complexity index is 556. The number of amides is 1. The molecule has 114 valence electrons. The maximum absolute atomic E-state index is 12.7. The standard InChI is InChI=1S/C14H17F2N3OS/c1-8(2)6-18-12(20)7-21-14-10(5-17)9(3)4-11(19-14)13(15)16/h4,8,13H,6-7H2,1-3H3,(H,18,20). The van der Waals surface area contributed by atoms with Crippen LogP contribution in [0, 0.1) is 24.2 Å². The summed E-state index contributed by atoms with van der Waals surface area (Å²) in [7, 11) is 0. The number of carbonyl (C=O) groups excluding carboxylic acids is 1. The van der Waals surface area contributed by atoms with Gasteiger partial charge in [0.25, 0.3) is 6.43 Å². The van der Waals surface area contributed by atoms with Gasteiger partial charge >= 0.3 is 0 Å². The van der Waals surface area contributed by atoms with Crippen molar-refractivity contribution in [1.82, 2.24) is 10.3 Å². The Morgan fingerprint density at radius 1 is 1.52 bits per heavy atom. The molecular weight excluding hydrogens is 296 g/mol. The van der Waals surface area contributed by atoms with Gasteiger partial charge in [-0.1, -0.05) is 25.6 Å². The summed E-state index contributed by atoms with van der Waals surface area (Å²) in [5, 5.41) is 12.0. The number of hydrogen-bond acceptors (Lipinski definition) is 4. The van der Waals surface area contributed by atoms with E-state index >= 15 is 0 Å². The Labute approximate surface area is 126 Å². The molecule has 1 aromatic rings. The van der Waals surface area contributed by atoms with Crippen molar-refractivity contribution in [2.75, 3.05) is 12.3 Å². The molecule has 1 heterocycles. The van der Waals surface area contributed by atoms with E-state index in [0.717, 1.165) is 11.8 Å². The zero-order valence-corrected chi connectivity index (χ0v) is 12.9. The second kappa shape index (κ2) is 7.93. The van der Waals surface area contributed by atoms with Crippen molar-refractivity contribution in [2.45, 2.75) is 32.2 Å². The van der Waals surface area contributed by atoms with E-state index in [2.05, 4.69) is 10.3 Å². The lowest BCUT2D eigenvalue weighted by atomic mass is 10.1. The fourth-order valence-electron chi connectivity index (χ4n) is 1.52. The number of nitriles is 1. The van der Waals surface area contributed by atoms with E-state index in [0.29, 0.717) is 18.0 Å². The maximum Gasteiger partial charge on any atom is 0.280 e. The number of alkyl halides is 2. The Morgan fingerprint density at radius 3 is 2.71 bits per heavy atom. The molecule has 1 rings (SSSR count). The van der Waals surface area contributed by atoms with Crippen molar-refractivity contribution in [3.8, 4) is 6.07 Å². The number of carbonyl (C=O) groups is 1. The summed E-state index contributed by atoms with van der Waals surface area (Å²) in [5.41, 5.74) is 0.297. The number of pyridine rings is 1. The molecule has 0 fully saturated rings. The molecule has 1 aromatic heterocycles. The maximum atomic E-state index is 12.7. The summed E-state index contributed by atoms with van der Waals surface area (Å²) in [6.45, 7) is 6.07. The minimum atomic E-state index is -2.70. The molecular formula is C14H17F2N3OS. The van der Waals surface area contributed by atoms with Gasteiger partial charge in [0.1, 0.15) is 16.8 Å². The van der Waals surface area contributed by atoms with E-state index < -0.39 is 6.43 Å². The molecule has 1 N–H and O–H groups in total. The van der Waals surface area contributed by atoms with Crippen LogP contribution in [0.3, 0.4) is 0 Å². The van der Waals surface area contributed by atoms with Crippen LogP contribution >= 0.6 is 11.8 Å². The van der Waals surface area contributed by atoms with Gasteiger partial charge in [0.15, 0.2) is 0 Å².